The van der Waals surface area contributed by atoms with Crippen LogP contribution in [0.15, 0.2) is 5.11 Å². The molecule has 2 atom stereocenters. The van der Waals surface area contributed by atoms with Gasteiger partial charge in [-0.3, -0.25) is 4.90 Å². The van der Waals surface area contributed by atoms with Gasteiger partial charge < -0.3 is 9.84 Å². The summed E-state index contributed by atoms with van der Waals surface area (Å²) in [7, 11) is 1.59. The normalized spacial score (nSPS) is 28.8. The predicted molar refractivity (Wildman–Crippen MR) is 47.3 cm³/mol. The fourth-order valence-corrected chi connectivity index (χ4v) is 1.48. The Morgan fingerprint density at radius 1 is 1.69 bits per heavy atom. The Kier molecular flexibility index (Phi) is 3.98. The van der Waals surface area contributed by atoms with E-state index in [0.717, 1.165) is 0 Å². The molecule has 1 fully saturated rings. The van der Waals surface area contributed by atoms with Crippen LogP contribution < -0.4 is 0 Å². The van der Waals surface area contributed by atoms with Gasteiger partial charge in [-0.25, -0.2) is 0 Å². The first-order chi connectivity index (χ1) is 6.27. The third-order valence-corrected chi connectivity index (χ3v) is 2.19. The molecule has 13 heavy (non-hydrogen) atoms. The van der Waals surface area contributed by atoms with E-state index in [2.05, 4.69) is 10.0 Å². The van der Waals surface area contributed by atoms with Crippen LogP contribution in [0.3, 0.4) is 0 Å². The fourth-order valence-electron chi connectivity index (χ4n) is 1.48. The Morgan fingerprint density at radius 3 is 3.00 bits per heavy atom. The minimum atomic E-state index is -0.420. The topological polar surface area (TPSA) is 81.5 Å². The van der Waals surface area contributed by atoms with Gasteiger partial charge in [-0.1, -0.05) is 5.11 Å². The number of rotatable bonds is 4. The summed E-state index contributed by atoms with van der Waals surface area (Å²) in [4.78, 5) is 4.68. The standard InChI is InChI=1S/C7H14N4O2/c1-13-7-5-11(4-6(7)12)3-2-9-10-8/h6-7,12H,2-5H2,1H3/t6-,7+/m0/s1. The summed E-state index contributed by atoms with van der Waals surface area (Å²) in [5.41, 5.74) is 8.06. The van der Waals surface area contributed by atoms with Crippen molar-refractivity contribution in [1.82, 2.24) is 4.90 Å². The second kappa shape index (κ2) is 5.04. The third kappa shape index (κ3) is 2.86. The molecule has 1 saturated heterocycles. The predicted octanol–water partition coefficient (Wildman–Crippen LogP) is -0.0118. The number of aliphatic hydroxyl groups is 1. The van der Waals surface area contributed by atoms with Crippen LogP contribution in [0.4, 0.5) is 0 Å². The molecule has 6 nitrogen and oxygen atoms in total. The molecule has 1 N–H and O–H groups in total. The summed E-state index contributed by atoms with van der Waals surface area (Å²) >= 11 is 0. The summed E-state index contributed by atoms with van der Waals surface area (Å²) < 4.78 is 5.06. The lowest BCUT2D eigenvalue weighted by Crippen LogP contribution is -2.25. The quantitative estimate of drug-likeness (QED) is 0.381. The van der Waals surface area contributed by atoms with E-state index in [-0.39, 0.29) is 6.10 Å². The lowest BCUT2D eigenvalue weighted by molar-refractivity contribution is 0.0215. The zero-order chi connectivity index (χ0) is 9.68. The number of nitrogens with zero attached hydrogens (tertiary/aromatic N) is 4. The molecule has 0 unspecified atom stereocenters. The monoisotopic (exact) mass is 186 g/mol. The van der Waals surface area contributed by atoms with Crippen molar-refractivity contribution in [2.75, 3.05) is 33.3 Å². The lowest BCUT2D eigenvalue weighted by atomic mass is 10.3. The smallest absolute Gasteiger partial charge is 0.0969 e. The number of azide groups is 1. The van der Waals surface area contributed by atoms with Crippen molar-refractivity contribution in [3.63, 3.8) is 0 Å². The van der Waals surface area contributed by atoms with E-state index in [1.807, 2.05) is 4.90 Å². The molecule has 0 aromatic heterocycles. The lowest BCUT2D eigenvalue weighted by Gasteiger charge is -2.12. The van der Waals surface area contributed by atoms with Gasteiger partial charge >= 0.3 is 0 Å². The van der Waals surface area contributed by atoms with Gasteiger partial charge in [0.1, 0.15) is 0 Å². The highest BCUT2D eigenvalue weighted by Crippen LogP contribution is 2.11. The highest BCUT2D eigenvalue weighted by molar-refractivity contribution is 4.84. The number of methoxy groups -OCH3 is 1. The van der Waals surface area contributed by atoms with Gasteiger partial charge in [-0.05, 0) is 5.53 Å². The largest absolute Gasteiger partial charge is 0.389 e. The molecule has 0 bridgehead atoms. The zero-order valence-corrected chi connectivity index (χ0v) is 7.63. The molecular weight excluding hydrogens is 172 g/mol. The van der Waals surface area contributed by atoms with Crippen molar-refractivity contribution in [1.29, 1.82) is 0 Å². The van der Waals surface area contributed by atoms with Gasteiger partial charge in [-0.15, -0.1) is 0 Å². The Hall–Kier alpha value is -0.810. The van der Waals surface area contributed by atoms with Crippen LogP contribution in [-0.2, 0) is 4.74 Å². The molecule has 6 heteroatoms. The minimum absolute atomic E-state index is 0.105. The molecule has 0 amide bonds. The van der Waals surface area contributed by atoms with Crippen molar-refractivity contribution in [2.45, 2.75) is 12.2 Å². The summed E-state index contributed by atoms with van der Waals surface area (Å²) in [6, 6.07) is 0. The van der Waals surface area contributed by atoms with Crippen LogP contribution in [0.1, 0.15) is 0 Å². The van der Waals surface area contributed by atoms with Crippen LogP contribution in [-0.4, -0.2) is 55.5 Å². The van der Waals surface area contributed by atoms with Crippen molar-refractivity contribution < 1.29 is 9.84 Å². The Labute approximate surface area is 76.7 Å². The Bertz CT molecular complexity index is 205. The molecule has 74 valence electrons. The molecule has 0 saturated carbocycles. The second-order valence-electron chi connectivity index (χ2n) is 3.06. The number of hydrogen-bond acceptors (Lipinski definition) is 4. The van der Waals surface area contributed by atoms with Gasteiger partial charge in [0.25, 0.3) is 0 Å². The average molecular weight is 186 g/mol. The van der Waals surface area contributed by atoms with Crippen LogP contribution >= 0.6 is 0 Å². The summed E-state index contributed by atoms with van der Waals surface area (Å²) in [5, 5.41) is 12.9. The third-order valence-electron chi connectivity index (χ3n) is 2.19. The molecular formula is C7H14N4O2. The van der Waals surface area contributed by atoms with E-state index in [1.165, 1.54) is 0 Å². The Balaban J connectivity index is 2.27. The fraction of sp³-hybridized carbons (Fsp3) is 1.00. The maximum atomic E-state index is 9.45. The van der Waals surface area contributed by atoms with Gasteiger partial charge in [0, 0.05) is 38.2 Å². The number of ether oxygens (including phenoxy) is 1. The molecule has 0 aliphatic carbocycles. The Morgan fingerprint density at radius 2 is 2.46 bits per heavy atom. The number of β-amino-alcohol motifs (C(OH)–C–C–N with tert-alkyl or cyclic N) is 1. The summed E-state index contributed by atoms with van der Waals surface area (Å²) in [5.74, 6) is 0. The molecule has 1 rings (SSSR count). The summed E-state index contributed by atoms with van der Waals surface area (Å²) in [6.07, 6.45) is -0.526. The van der Waals surface area contributed by atoms with E-state index < -0.39 is 6.10 Å². The molecule has 0 radical (unpaired) electrons. The van der Waals surface area contributed by atoms with Crippen LogP contribution in [0, 0.1) is 0 Å². The van der Waals surface area contributed by atoms with E-state index in [0.29, 0.717) is 26.2 Å². The number of likely N-dealkylation sites (tertiary alicyclic amines) is 1. The number of hydrogen-bond donors (Lipinski definition) is 1. The second-order valence-corrected chi connectivity index (χ2v) is 3.06. The first kappa shape index (κ1) is 10.3. The molecule has 0 spiro atoms. The van der Waals surface area contributed by atoms with Crippen LogP contribution in [0.2, 0.25) is 0 Å². The first-order valence-corrected chi connectivity index (χ1v) is 4.22. The van der Waals surface area contributed by atoms with Gasteiger partial charge in [-0.2, -0.15) is 0 Å². The van der Waals surface area contributed by atoms with E-state index in [9.17, 15) is 5.11 Å². The van der Waals surface area contributed by atoms with E-state index >= 15 is 0 Å². The van der Waals surface area contributed by atoms with Gasteiger partial charge in [0.2, 0.25) is 0 Å². The van der Waals surface area contributed by atoms with E-state index in [4.69, 9.17) is 10.3 Å². The average Bonchev–Trinajstić information content (AvgIpc) is 2.47. The highest BCUT2D eigenvalue weighted by Gasteiger charge is 2.30. The van der Waals surface area contributed by atoms with E-state index in [1.54, 1.807) is 7.11 Å². The molecule has 0 aromatic carbocycles. The van der Waals surface area contributed by atoms with Crippen LogP contribution in [0.25, 0.3) is 10.4 Å². The van der Waals surface area contributed by atoms with Crippen molar-refractivity contribution in [3.05, 3.63) is 10.4 Å². The number of aliphatic hydroxyl groups excluding tert-OH is 1. The highest BCUT2D eigenvalue weighted by atomic mass is 16.5. The molecule has 1 aliphatic rings. The molecule has 1 heterocycles. The minimum Gasteiger partial charge on any atom is -0.389 e. The van der Waals surface area contributed by atoms with Crippen molar-refractivity contribution in [2.24, 2.45) is 5.11 Å². The van der Waals surface area contributed by atoms with Gasteiger partial charge in [0.05, 0.1) is 12.2 Å². The van der Waals surface area contributed by atoms with Crippen molar-refractivity contribution in [3.8, 4) is 0 Å². The van der Waals surface area contributed by atoms with Gasteiger partial charge in [0.15, 0.2) is 0 Å². The zero-order valence-electron chi connectivity index (χ0n) is 7.63. The summed E-state index contributed by atoms with van der Waals surface area (Å²) in [6.45, 7) is 2.43. The maximum Gasteiger partial charge on any atom is 0.0969 e. The SMILES string of the molecule is CO[C@@H]1CN(CCN=[N+]=[N-])C[C@@H]1O. The van der Waals surface area contributed by atoms with Crippen LogP contribution in [0.5, 0.6) is 0 Å². The molecule has 0 aromatic rings. The first-order valence-electron chi connectivity index (χ1n) is 4.22. The van der Waals surface area contributed by atoms with Crippen molar-refractivity contribution >= 4 is 0 Å². The maximum absolute atomic E-state index is 9.45. The molecule has 1 aliphatic heterocycles.